The predicted molar refractivity (Wildman–Crippen MR) is 85.9 cm³/mol. The molecule has 0 atom stereocenters. The number of halogens is 2. The highest BCUT2D eigenvalue weighted by Crippen LogP contribution is 2.24. The van der Waals surface area contributed by atoms with Gasteiger partial charge in [-0.3, -0.25) is 4.79 Å². The number of aryl methyl sites for hydroxylation is 3. The van der Waals surface area contributed by atoms with Crippen LogP contribution in [0, 0.1) is 20.8 Å². The summed E-state index contributed by atoms with van der Waals surface area (Å²) in [5.41, 5.74) is 4.83. The van der Waals surface area contributed by atoms with Crippen LogP contribution in [0.1, 0.15) is 32.6 Å². The molecule has 0 radical (unpaired) electrons. The van der Waals surface area contributed by atoms with Crippen molar-refractivity contribution in [3.05, 3.63) is 67.1 Å². The number of ketones is 1. The van der Waals surface area contributed by atoms with Crippen molar-refractivity contribution in [1.82, 2.24) is 0 Å². The number of hydrogen-bond acceptors (Lipinski definition) is 1. The summed E-state index contributed by atoms with van der Waals surface area (Å²) >= 11 is 6.83. The Balaban J connectivity index is 2.53. The molecule has 2 aromatic rings. The maximum atomic E-state index is 12.6. The molecule has 98 valence electrons. The normalized spacial score (nSPS) is 10.6. The van der Waals surface area contributed by atoms with Gasteiger partial charge >= 0.3 is 0 Å². The molecule has 0 spiro atoms. The van der Waals surface area contributed by atoms with E-state index in [4.69, 9.17) is 0 Å². The van der Waals surface area contributed by atoms with Crippen molar-refractivity contribution in [3.63, 3.8) is 0 Å². The molecule has 0 heterocycles. The van der Waals surface area contributed by atoms with E-state index in [0.29, 0.717) is 5.56 Å². The van der Waals surface area contributed by atoms with Gasteiger partial charge in [0.15, 0.2) is 5.78 Å². The lowest BCUT2D eigenvalue weighted by molar-refractivity contribution is 0.103. The van der Waals surface area contributed by atoms with Crippen molar-refractivity contribution in [1.29, 1.82) is 0 Å². The first-order valence-corrected chi connectivity index (χ1v) is 7.55. The van der Waals surface area contributed by atoms with Crippen LogP contribution in [0.15, 0.2) is 39.3 Å². The average molecular weight is 382 g/mol. The second kappa shape index (κ2) is 5.59. The van der Waals surface area contributed by atoms with Crippen LogP contribution in [0.25, 0.3) is 0 Å². The van der Waals surface area contributed by atoms with Crippen LogP contribution in [0.3, 0.4) is 0 Å². The van der Waals surface area contributed by atoms with E-state index in [1.54, 1.807) is 0 Å². The van der Waals surface area contributed by atoms with E-state index < -0.39 is 0 Å². The molecule has 0 saturated heterocycles. The van der Waals surface area contributed by atoms with Gasteiger partial charge in [-0.1, -0.05) is 37.9 Å². The van der Waals surface area contributed by atoms with Gasteiger partial charge in [-0.05, 0) is 61.7 Å². The first-order valence-electron chi connectivity index (χ1n) is 5.97. The van der Waals surface area contributed by atoms with Crippen LogP contribution >= 0.6 is 31.9 Å². The Labute approximate surface area is 130 Å². The van der Waals surface area contributed by atoms with Crippen molar-refractivity contribution >= 4 is 37.6 Å². The van der Waals surface area contributed by atoms with E-state index in [2.05, 4.69) is 44.8 Å². The Bertz CT molecular complexity index is 640. The molecule has 0 N–H and O–H groups in total. The van der Waals surface area contributed by atoms with Gasteiger partial charge in [0.2, 0.25) is 0 Å². The lowest BCUT2D eigenvalue weighted by Crippen LogP contribution is -2.05. The highest BCUT2D eigenvalue weighted by molar-refractivity contribution is 9.11. The molecule has 0 aliphatic heterocycles. The molecule has 1 nitrogen and oxygen atoms in total. The molecular weight excluding hydrogens is 368 g/mol. The smallest absolute Gasteiger partial charge is 0.193 e. The van der Waals surface area contributed by atoms with Gasteiger partial charge in [0.1, 0.15) is 0 Å². The van der Waals surface area contributed by atoms with E-state index in [0.717, 1.165) is 25.6 Å². The summed E-state index contributed by atoms with van der Waals surface area (Å²) in [6.07, 6.45) is 0. The molecule has 0 aliphatic rings. The fraction of sp³-hybridized carbons (Fsp3) is 0.188. The van der Waals surface area contributed by atoms with Gasteiger partial charge < -0.3 is 0 Å². The molecule has 0 bridgehead atoms. The van der Waals surface area contributed by atoms with Gasteiger partial charge in [-0.15, -0.1) is 0 Å². The molecule has 0 fully saturated rings. The SMILES string of the molecule is Cc1cc(C)c(C(=O)c2cc(Br)cc(Br)c2)cc1C. The summed E-state index contributed by atoms with van der Waals surface area (Å²) in [5, 5.41) is 0. The lowest BCUT2D eigenvalue weighted by atomic mass is 9.95. The zero-order valence-corrected chi connectivity index (χ0v) is 14.2. The minimum atomic E-state index is 0.0580. The van der Waals surface area contributed by atoms with E-state index in [1.165, 1.54) is 5.56 Å². The second-order valence-electron chi connectivity index (χ2n) is 4.74. The zero-order chi connectivity index (χ0) is 14.2. The van der Waals surface area contributed by atoms with Crippen molar-refractivity contribution in [2.45, 2.75) is 20.8 Å². The summed E-state index contributed by atoms with van der Waals surface area (Å²) in [6.45, 7) is 6.07. The summed E-state index contributed by atoms with van der Waals surface area (Å²) < 4.78 is 1.79. The first kappa shape index (κ1) is 14.5. The topological polar surface area (TPSA) is 17.1 Å². The van der Waals surface area contributed by atoms with E-state index >= 15 is 0 Å². The van der Waals surface area contributed by atoms with Gasteiger partial charge in [-0.2, -0.15) is 0 Å². The standard InChI is InChI=1S/C16H14Br2O/c1-9-4-11(3)15(5-10(9)2)16(19)12-6-13(17)8-14(18)7-12/h4-8H,1-3H3. The average Bonchev–Trinajstić information content (AvgIpc) is 2.31. The number of hydrogen-bond donors (Lipinski definition) is 0. The van der Waals surface area contributed by atoms with Crippen LogP contribution in [0.2, 0.25) is 0 Å². The fourth-order valence-corrected chi connectivity index (χ4v) is 3.34. The Hall–Kier alpha value is -0.930. The summed E-state index contributed by atoms with van der Waals surface area (Å²) in [6, 6.07) is 9.66. The zero-order valence-electron chi connectivity index (χ0n) is 11.1. The quantitative estimate of drug-likeness (QED) is 0.639. The van der Waals surface area contributed by atoms with Crippen LogP contribution in [0.4, 0.5) is 0 Å². The monoisotopic (exact) mass is 380 g/mol. The Morgan fingerprint density at radius 3 is 1.89 bits per heavy atom. The van der Waals surface area contributed by atoms with E-state index in [-0.39, 0.29) is 5.78 Å². The minimum absolute atomic E-state index is 0.0580. The van der Waals surface area contributed by atoms with Crippen molar-refractivity contribution in [2.75, 3.05) is 0 Å². The molecule has 0 unspecified atom stereocenters. The molecule has 2 rings (SSSR count). The third-order valence-electron chi connectivity index (χ3n) is 3.21. The van der Waals surface area contributed by atoms with Crippen LogP contribution in [-0.2, 0) is 0 Å². The van der Waals surface area contributed by atoms with Gasteiger partial charge in [0, 0.05) is 20.1 Å². The van der Waals surface area contributed by atoms with Crippen molar-refractivity contribution < 1.29 is 4.79 Å². The fourth-order valence-electron chi connectivity index (χ4n) is 2.05. The van der Waals surface area contributed by atoms with Crippen LogP contribution in [-0.4, -0.2) is 5.78 Å². The Kier molecular flexibility index (Phi) is 4.26. The highest BCUT2D eigenvalue weighted by atomic mass is 79.9. The Morgan fingerprint density at radius 1 is 0.789 bits per heavy atom. The molecule has 0 aliphatic carbocycles. The molecule has 0 amide bonds. The third kappa shape index (κ3) is 3.15. The number of rotatable bonds is 2. The maximum Gasteiger partial charge on any atom is 0.193 e. The van der Waals surface area contributed by atoms with Crippen LogP contribution in [0.5, 0.6) is 0 Å². The molecular formula is C16H14Br2O. The predicted octanol–water partition coefficient (Wildman–Crippen LogP) is 5.37. The molecule has 0 aromatic heterocycles. The number of carbonyl (C=O) groups excluding carboxylic acids is 1. The van der Waals surface area contributed by atoms with Crippen molar-refractivity contribution in [2.24, 2.45) is 0 Å². The second-order valence-corrected chi connectivity index (χ2v) is 6.57. The lowest BCUT2D eigenvalue weighted by Gasteiger charge is -2.09. The largest absolute Gasteiger partial charge is 0.289 e. The summed E-state index contributed by atoms with van der Waals surface area (Å²) in [5.74, 6) is 0.0580. The summed E-state index contributed by atoms with van der Waals surface area (Å²) in [4.78, 5) is 12.6. The highest BCUT2D eigenvalue weighted by Gasteiger charge is 2.14. The van der Waals surface area contributed by atoms with Gasteiger partial charge in [0.25, 0.3) is 0 Å². The Morgan fingerprint density at radius 2 is 1.32 bits per heavy atom. The van der Waals surface area contributed by atoms with Crippen molar-refractivity contribution in [3.8, 4) is 0 Å². The number of benzene rings is 2. The number of carbonyl (C=O) groups is 1. The first-order chi connectivity index (χ1) is 8.88. The molecule has 0 saturated carbocycles. The van der Waals surface area contributed by atoms with Gasteiger partial charge in [0.05, 0.1) is 0 Å². The molecule has 2 aromatic carbocycles. The van der Waals surface area contributed by atoms with Gasteiger partial charge in [-0.25, -0.2) is 0 Å². The molecule has 3 heteroatoms. The van der Waals surface area contributed by atoms with E-state index in [1.807, 2.05) is 38.1 Å². The molecule has 19 heavy (non-hydrogen) atoms. The summed E-state index contributed by atoms with van der Waals surface area (Å²) in [7, 11) is 0. The third-order valence-corrected chi connectivity index (χ3v) is 4.13. The van der Waals surface area contributed by atoms with Crippen LogP contribution < -0.4 is 0 Å². The van der Waals surface area contributed by atoms with E-state index in [9.17, 15) is 4.79 Å². The minimum Gasteiger partial charge on any atom is -0.289 e. The maximum absolute atomic E-state index is 12.6.